The number of benzene rings is 1. The lowest BCUT2D eigenvalue weighted by Crippen LogP contribution is -2.16. The number of H-pyrrole nitrogens is 1. The maximum Gasteiger partial charge on any atom is 0.338 e. The first-order valence-corrected chi connectivity index (χ1v) is 7.43. The van der Waals surface area contributed by atoms with Crippen LogP contribution in [0.25, 0.3) is 21.1 Å². The molecule has 4 rings (SSSR count). The Morgan fingerprint density at radius 3 is 2.73 bits per heavy atom. The van der Waals surface area contributed by atoms with Gasteiger partial charge in [0.15, 0.2) is 0 Å². The summed E-state index contributed by atoms with van der Waals surface area (Å²) in [5.74, 6) is -2.37. The summed E-state index contributed by atoms with van der Waals surface area (Å²) in [5.41, 5.74) is -1.19. The zero-order valence-corrected chi connectivity index (χ0v) is 11.9. The Balaban J connectivity index is 2.29. The highest BCUT2D eigenvalue weighted by Crippen LogP contribution is 2.40. The third kappa shape index (κ3) is 1.67. The van der Waals surface area contributed by atoms with Gasteiger partial charge >= 0.3 is 5.97 Å². The van der Waals surface area contributed by atoms with Crippen LogP contribution >= 0.6 is 11.5 Å². The van der Waals surface area contributed by atoms with Gasteiger partial charge in [-0.25, -0.2) is 9.18 Å². The molecule has 0 spiro atoms. The lowest BCUT2D eigenvalue weighted by Gasteiger charge is -2.12. The molecule has 1 saturated carbocycles. The third-order valence-corrected chi connectivity index (χ3v) is 4.74. The lowest BCUT2D eigenvalue weighted by molar-refractivity contribution is 0.0692. The lowest BCUT2D eigenvalue weighted by atomic mass is 10.1. The van der Waals surface area contributed by atoms with Crippen molar-refractivity contribution in [3.8, 4) is 0 Å². The van der Waals surface area contributed by atoms with E-state index in [0.29, 0.717) is 10.3 Å². The molecule has 1 aromatic carbocycles. The summed E-state index contributed by atoms with van der Waals surface area (Å²) in [6.07, 6.45) is 1.75. The zero-order chi connectivity index (χ0) is 15.6. The number of fused-ring (bicyclic) bond motifs is 2. The monoisotopic (exact) mass is 320 g/mol. The molecule has 0 atom stereocenters. The number of nitrogens with one attached hydrogen (secondary N) is 1. The number of halogens is 1. The molecule has 112 valence electrons. The van der Waals surface area contributed by atoms with Gasteiger partial charge in [-0.1, -0.05) is 0 Å². The van der Waals surface area contributed by atoms with E-state index >= 15 is 0 Å². The number of aromatic amines is 1. The number of carboxylic acid groups (broad SMARTS) is 1. The molecule has 0 amide bonds. The highest BCUT2D eigenvalue weighted by atomic mass is 32.1. The Morgan fingerprint density at radius 1 is 1.36 bits per heavy atom. The fourth-order valence-corrected chi connectivity index (χ4v) is 3.63. The van der Waals surface area contributed by atoms with Crippen molar-refractivity contribution in [2.45, 2.75) is 18.9 Å². The average molecular weight is 320 g/mol. The Kier molecular flexibility index (Phi) is 2.56. The first kappa shape index (κ1) is 13.2. The van der Waals surface area contributed by atoms with E-state index in [1.165, 1.54) is 6.07 Å². The SMILES string of the molecule is O=C(O)c1cc2c(cc1F)c(=O)c1c(=O)[nH]sc1n2C1CC1. The summed E-state index contributed by atoms with van der Waals surface area (Å²) in [7, 11) is 0. The van der Waals surface area contributed by atoms with E-state index in [1.54, 1.807) is 4.57 Å². The van der Waals surface area contributed by atoms with Crippen LogP contribution < -0.4 is 11.0 Å². The quantitative estimate of drug-likeness (QED) is 0.756. The second-order valence-electron chi connectivity index (χ2n) is 5.30. The number of nitrogens with zero attached hydrogens (tertiary/aromatic N) is 1. The first-order chi connectivity index (χ1) is 10.5. The van der Waals surface area contributed by atoms with Crippen molar-refractivity contribution in [2.75, 3.05) is 0 Å². The third-order valence-electron chi connectivity index (χ3n) is 3.86. The van der Waals surface area contributed by atoms with Gasteiger partial charge in [0.25, 0.3) is 5.56 Å². The molecule has 1 aliphatic rings. The number of rotatable bonds is 2. The second kappa shape index (κ2) is 4.26. The largest absolute Gasteiger partial charge is 0.478 e. The fraction of sp³-hybridized carbons (Fsp3) is 0.214. The van der Waals surface area contributed by atoms with Gasteiger partial charge < -0.3 is 9.67 Å². The zero-order valence-electron chi connectivity index (χ0n) is 11.1. The minimum absolute atomic E-state index is 0.00637. The Morgan fingerprint density at radius 2 is 2.09 bits per heavy atom. The molecular formula is C14H9FN2O4S. The molecule has 0 aliphatic heterocycles. The van der Waals surface area contributed by atoms with E-state index in [1.807, 2.05) is 0 Å². The van der Waals surface area contributed by atoms with Crippen molar-refractivity contribution in [1.29, 1.82) is 0 Å². The van der Waals surface area contributed by atoms with Gasteiger partial charge in [0.2, 0.25) is 5.43 Å². The minimum atomic E-state index is -1.39. The summed E-state index contributed by atoms with van der Waals surface area (Å²) in [6, 6.07) is 2.19. The molecule has 0 radical (unpaired) electrons. The van der Waals surface area contributed by atoms with Crippen molar-refractivity contribution >= 4 is 38.6 Å². The van der Waals surface area contributed by atoms with Crippen molar-refractivity contribution < 1.29 is 14.3 Å². The molecule has 0 saturated heterocycles. The smallest absolute Gasteiger partial charge is 0.338 e. The molecule has 8 heteroatoms. The van der Waals surface area contributed by atoms with Crippen LogP contribution in [-0.4, -0.2) is 20.0 Å². The normalized spacial score (nSPS) is 14.8. The predicted octanol–water partition coefficient (Wildman–Crippen LogP) is 2.08. The van der Waals surface area contributed by atoms with E-state index in [2.05, 4.69) is 4.37 Å². The topological polar surface area (TPSA) is 92.2 Å². The van der Waals surface area contributed by atoms with E-state index in [4.69, 9.17) is 5.11 Å². The van der Waals surface area contributed by atoms with E-state index in [0.717, 1.165) is 30.4 Å². The molecule has 1 fully saturated rings. The molecule has 0 bridgehead atoms. The number of pyridine rings is 1. The molecule has 3 aromatic rings. The fourth-order valence-electron chi connectivity index (χ4n) is 2.71. The molecule has 2 heterocycles. The van der Waals surface area contributed by atoms with Crippen LogP contribution in [0.5, 0.6) is 0 Å². The van der Waals surface area contributed by atoms with Crippen LogP contribution in [0.15, 0.2) is 21.7 Å². The highest BCUT2D eigenvalue weighted by molar-refractivity contribution is 7.12. The Bertz CT molecular complexity index is 1070. The molecule has 6 nitrogen and oxygen atoms in total. The Hall–Kier alpha value is -2.48. The molecule has 2 N–H and O–H groups in total. The van der Waals surface area contributed by atoms with Gasteiger partial charge in [-0.05, 0) is 36.5 Å². The second-order valence-corrected chi connectivity index (χ2v) is 6.09. The predicted molar refractivity (Wildman–Crippen MR) is 79.4 cm³/mol. The highest BCUT2D eigenvalue weighted by Gasteiger charge is 2.29. The van der Waals surface area contributed by atoms with E-state index in [9.17, 15) is 18.8 Å². The number of carboxylic acids is 1. The number of hydrogen-bond acceptors (Lipinski definition) is 4. The molecule has 2 aromatic heterocycles. The number of hydrogen-bond donors (Lipinski definition) is 2. The summed E-state index contributed by atoms with van der Waals surface area (Å²) < 4.78 is 18.2. The number of aromatic nitrogens is 2. The maximum absolute atomic E-state index is 13.9. The average Bonchev–Trinajstić information content (AvgIpc) is 3.22. The first-order valence-electron chi connectivity index (χ1n) is 6.61. The van der Waals surface area contributed by atoms with Crippen LogP contribution in [-0.2, 0) is 0 Å². The summed E-state index contributed by atoms with van der Waals surface area (Å²) in [4.78, 5) is 35.9. The summed E-state index contributed by atoms with van der Waals surface area (Å²) in [5, 5.41) is 9.12. The molecule has 1 aliphatic carbocycles. The van der Waals surface area contributed by atoms with Crippen molar-refractivity contribution in [3.63, 3.8) is 0 Å². The number of carbonyl (C=O) groups is 1. The van der Waals surface area contributed by atoms with E-state index < -0.39 is 28.3 Å². The van der Waals surface area contributed by atoms with Crippen LogP contribution in [0, 0.1) is 5.82 Å². The van der Waals surface area contributed by atoms with Gasteiger partial charge in [-0.15, -0.1) is 0 Å². The van der Waals surface area contributed by atoms with Crippen LogP contribution in [0.4, 0.5) is 4.39 Å². The minimum Gasteiger partial charge on any atom is -0.478 e. The van der Waals surface area contributed by atoms with Gasteiger partial charge in [0.1, 0.15) is 16.0 Å². The summed E-state index contributed by atoms with van der Waals surface area (Å²) >= 11 is 1.04. The van der Waals surface area contributed by atoms with Crippen LogP contribution in [0.1, 0.15) is 29.2 Å². The Labute approximate surface area is 125 Å². The van der Waals surface area contributed by atoms with Gasteiger partial charge in [-0.2, -0.15) is 0 Å². The van der Waals surface area contributed by atoms with Gasteiger partial charge in [0, 0.05) is 11.4 Å². The van der Waals surface area contributed by atoms with E-state index in [-0.39, 0.29) is 16.8 Å². The number of aromatic carboxylic acids is 1. The standard InChI is InChI=1S/C14H9FN2O4S/c15-8-3-7-9(4-6(8)14(20)21)17(5-1-2-5)13-10(11(7)18)12(19)16-22-13/h3-5H,1-2H2,(H,16,19)(H,20,21). The maximum atomic E-state index is 13.9. The van der Waals surface area contributed by atoms with Crippen molar-refractivity contribution in [1.82, 2.24) is 8.94 Å². The molecule has 0 unspecified atom stereocenters. The van der Waals surface area contributed by atoms with Gasteiger partial charge in [0.05, 0.1) is 11.1 Å². The van der Waals surface area contributed by atoms with Crippen molar-refractivity contribution in [3.05, 3.63) is 44.1 Å². The van der Waals surface area contributed by atoms with Crippen LogP contribution in [0.2, 0.25) is 0 Å². The summed E-state index contributed by atoms with van der Waals surface area (Å²) in [6.45, 7) is 0. The van der Waals surface area contributed by atoms with Crippen LogP contribution in [0.3, 0.4) is 0 Å². The molecular weight excluding hydrogens is 311 g/mol. The molecule has 22 heavy (non-hydrogen) atoms. The van der Waals surface area contributed by atoms with Gasteiger partial charge in [-0.3, -0.25) is 14.0 Å². The van der Waals surface area contributed by atoms with Crippen molar-refractivity contribution in [2.24, 2.45) is 0 Å².